The van der Waals surface area contributed by atoms with E-state index in [1.54, 1.807) is 7.05 Å². The number of thiophene rings is 1. The number of nitrogens with one attached hydrogen (secondary N) is 1. The minimum Gasteiger partial charge on any atom is -0.335 e. The first-order chi connectivity index (χ1) is 16.3. The van der Waals surface area contributed by atoms with Crippen molar-refractivity contribution in [2.45, 2.75) is 27.3 Å². The van der Waals surface area contributed by atoms with Gasteiger partial charge in [-0.1, -0.05) is 48.5 Å². The van der Waals surface area contributed by atoms with Crippen LogP contribution < -0.4 is 10.9 Å². The molecule has 2 aromatic carbocycles. The van der Waals surface area contributed by atoms with Crippen molar-refractivity contribution < 1.29 is 9.59 Å². The SMILES string of the molecule is Cc1cccc(C)c1NC(=O)CN(C)C(=O)Cn1cnc2sc(-c3ccccc3)c(C)c2c1=O. The molecule has 0 aliphatic rings. The number of likely N-dealkylation sites (N-methyl/N-ethyl adjacent to an activating group) is 1. The maximum Gasteiger partial charge on any atom is 0.262 e. The van der Waals surface area contributed by atoms with Gasteiger partial charge in [0.25, 0.3) is 5.56 Å². The van der Waals surface area contributed by atoms with E-state index in [2.05, 4.69) is 10.3 Å². The number of rotatable bonds is 6. The molecular formula is C26H26N4O3S. The first-order valence-electron chi connectivity index (χ1n) is 10.9. The number of para-hydroxylation sites is 1. The number of nitrogens with zero attached hydrogens (tertiary/aromatic N) is 3. The van der Waals surface area contributed by atoms with Gasteiger partial charge in [0.15, 0.2) is 0 Å². The minimum absolute atomic E-state index is 0.118. The third kappa shape index (κ3) is 4.63. The van der Waals surface area contributed by atoms with E-state index in [0.29, 0.717) is 10.2 Å². The number of hydrogen-bond donors (Lipinski definition) is 1. The summed E-state index contributed by atoms with van der Waals surface area (Å²) >= 11 is 1.46. The van der Waals surface area contributed by atoms with Crippen LogP contribution in [-0.4, -0.2) is 39.9 Å². The number of amides is 2. The van der Waals surface area contributed by atoms with Gasteiger partial charge >= 0.3 is 0 Å². The highest BCUT2D eigenvalue weighted by Gasteiger charge is 2.19. The van der Waals surface area contributed by atoms with Crippen LogP contribution >= 0.6 is 11.3 Å². The number of anilines is 1. The van der Waals surface area contributed by atoms with Gasteiger partial charge in [-0.05, 0) is 43.0 Å². The molecule has 2 heterocycles. The molecule has 2 aromatic heterocycles. The number of fused-ring (bicyclic) bond motifs is 1. The molecule has 174 valence electrons. The Morgan fingerprint density at radius 1 is 1.03 bits per heavy atom. The Bertz CT molecular complexity index is 1420. The zero-order valence-corrected chi connectivity index (χ0v) is 20.4. The highest BCUT2D eigenvalue weighted by atomic mass is 32.1. The van der Waals surface area contributed by atoms with Gasteiger partial charge in [0.1, 0.15) is 11.4 Å². The summed E-state index contributed by atoms with van der Waals surface area (Å²) in [6.45, 7) is 5.43. The van der Waals surface area contributed by atoms with E-state index in [-0.39, 0.29) is 30.5 Å². The lowest BCUT2D eigenvalue weighted by Gasteiger charge is -2.18. The van der Waals surface area contributed by atoms with Gasteiger partial charge in [-0.3, -0.25) is 19.0 Å². The molecule has 0 saturated heterocycles. The van der Waals surface area contributed by atoms with E-state index in [4.69, 9.17) is 0 Å². The lowest BCUT2D eigenvalue weighted by molar-refractivity contribution is -0.133. The van der Waals surface area contributed by atoms with Crippen LogP contribution in [0.15, 0.2) is 59.7 Å². The fourth-order valence-electron chi connectivity index (χ4n) is 3.90. The van der Waals surface area contributed by atoms with Crippen LogP contribution in [0, 0.1) is 20.8 Å². The number of hydrogen-bond acceptors (Lipinski definition) is 5. The average molecular weight is 475 g/mol. The van der Waals surface area contributed by atoms with Gasteiger partial charge in [-0.2, -0.15) is 0 Å². The minimum atomic E-state index is -0.351. The molecule has 1 N–H and O–H groups in total. The Hall–Kier alpha value is -3.78. The lowest BCUT2D eigenvalue weighted by atomic mass is 10.1. The molecule has 8 heteroatoms. The summed E-state index contributed by atoms with van der Waals surface area (Å²) in [6, 6.07) is 15.6. The normalized spacial score (nSPS) is 10.9. The largest absolute Gasteiger partial charge is 0.335 e. The summed E-state index contributed by atoms with van der Waals surface area (Å²) in [4.78, 5) is 45.9. The van der Waals surface area contributed by atoms with Crippen molar-refractivity contribution in [1.82, 2.24) is 14.5 Å². The molecule has 0 saturated carbocycles. The molecular weight excluding hydrogens is 448 g/mol. The summed E-state index contributed by atoms with van der Waals surface area (Å²) < 4.78 is 1.30. The molecule has 0 unspecified atom stereocenters. The van der Waals surface area contributed by atoms with Crippen molar-refractivity contribution in [2.24, 2.45) is 0 Å². The van der Waals surface area contributed by atoms with E-state index in [9.17, 15) is 14.4 Å². The zero-order valence-electron chi connectivity index (χ0n) is 19.6. The molecule has 34 heavy (non-hydrogen) atoms. The van der Waals surface area contributed by atoms with Crippen molar-refractivity contribution >= 4 is 39.1 Å². The molecule has 0 atom stereocenters. The highest BCUT2D eigenvalue weighted by Crippen LogP contribution is 2.35. The first-order valence-corrected chi connectivity index (χ1v) is 11.7. The summed E-state index contributed by atoms with van der Waals surface area (Å²) in [6.07, 6.45) is 1.40. The second-order valence-electron chi connectivity index (χ2n) is 8.34. The van der Waals surface area contributed by atoms with Gasteiger partial charge in [0, 0.05) is 17.6 Å². The van der Waals surface area contributed by atoms with Gasteiger partial charge < -0.3 is 10.2 Å². The number of carbonyl (C=O) groups excluding carboxylic acids is 2. The molecule has 0 aliphatic heterocycles. The van der Waals surface area contributed by atoms with Gasteiger partial charge in [0.2, 0.25) is 11.8 Å². The van der Waals surface area contributed by atoms with E-state index in [1.807, 2.05) is 69.3 Å². The van der Waals surface area contributed by atoms with Gasteiger partial charge in [0.05, 0.1) is 18.3 Å². The van der Waals surface area contributed by atoms with E-state index < -0.39 is 0 Å². The molecule has 0 aliphatic carbocycles. The Morgan fingerprint density at radius 2 is 1.71 bits per heavy atom. The van der Waals surface area contributed by atoms with Crippen LogP contribution in [0.2, 0.25) is 0 Å². The Morgan fingerprint density at radius 3 is 2.38 bits per heavy atom. The molecule has 0 bridgehead atoms. The van der Waals surface area contributed by atoms with Crippen molar-refractivity contribution in [3.05, 3.63) is 81.9 Å². The smallest absolute Gasteiger partial charge is 0.262 e. The summed E-state index contributed by atoms with van der Waals surface area (Å²) in [5.41, 5.74) is 4.28. The Labute approximate surface area is 201 Å². The third-order valence-electron chi connectivity index (χ3n) is 5.81. The van der Waals surface area contributed by atoms with Crippen LogP contribution in [0.3, 0.4) is 0 Å². The molecule has 0 fully saturated rings. The zero-order chi connectivity index (χ0) is 24.4. The second kappa shape index (κ2) is 9.61. The Kier molecular flexibility index (Phi) is 6.61. The maximum atomic E-state index is 13.2. The van der Waals surface area contributed by atoms with Crippen molar-refractivity contribution in [1.29, 1.82) is 0 Å². The average Bonchev–Trinajstić information content (AvgIpc) is 3.15. The summed E-state index contributed by atoms with van der Waals surface area (Å²) in [5.74, 6) is -0.647. The number of aryl methyl sites for hydroxylation is 3. The second-order valence-corrected chi connectivity index (χ2v) is 9.34. The van der Waals surface area contributed by atoms with Crippen LogP contribution in [0.25, 0.3) is 20.7 Å². The topological polar surface area (TPSA) is 84.3 Å². The van der Waals surface area contributed by atoms with Crippen LogP contribution in [0.1, 0.15) is 16.7 Å². The standard InChI is InChI=1S/C26H26N4O3S/c1-16-9-8-10-17(2)23(16)28-20(31)13-29(4)21(32)14-30-15-27-25-22(26(30)33)18(3)24(34-25)19-11-6-5-7-12-19/h5-12,15H,13-14H2,1-4H3,(H,28,31). The monoisotopic (exact) mass is 474 g/mol. The van der Waals surface area contributed by atoms with Crippen molar-refractivity contribution in [2.75, 3.05) is 18.9 Å². The lowest BCUT2D eigenvalue weighted by Crippen LogP contribution is -2.38. The number of benzene rings is 2. The molecule has 2 amide bonds. The molecule has 0 radical (unpaired) electrons. The first kappa shape index (κ1) is 23.4. The van der Waals surface area contributed by atoms with Crippen LogP contribution in [0.4, 0.5) is 5.69 Å². The number of aromatic nitrogens is 2. The molecule has 4 rings (SSSR count). The molecule has 0 spiro atoms. The van der Waals surface area contributed by atoms with E-state index >= 15 is 0 Å². The fourth-order valence-corrected chi connectivity index (χ4v) is 5.04. The Balaban J connectivity index is 1.50. The summed E-state index contributed by atoms with van der Waals surface area (Å²) in [5, 5.41) is 3.40. The fraction of sp³-hybridized carbons (Fsp3) is 0.231. The quantitative estimate of drug-likeness (QED) is 0.455. The highest BCUT2D eigenvalue weighted by molar-refractivity contribution is 7.22. The van der Waals surface area contributed by atoms with Crippen molar-refractivity contribution in [3.8, 4) is 10.4 Å². The van der Waals surface area contributed by atoms with Gasteiger partial charge in [-0.25, -0.2) is 4.98 Å². The third-order valence-corrected chi connectivity index (χ3v) is 7.06. The van der Waals surface area contributed by atoms with Crippen LogP contribution in [0.5, 0.6) is 0 Å². The predicted molar refractivity (Wildman–Crippen MR) is 136 cm³/mol. The predicted octanol–water partition coefficient (Wildman–Crippen LogP) is 4.15. The molecule has 4 aromatic rings. The van der Waals surface area contributed by atoms with Gasteiger partial charge in [-0.15, -0.1) is 11.3 Å². The number of carbonyl (C=O) groups is 2. The molecule has 7 nitrogen and oxygen atoms in total. The van der Waals surface area contributed by atoms with Crippen molar-refractivity contribution in [3.63, 3.8) is 0 Å². The maximum absolute atomic E-state index is 13.2. The van der Waals surface area contributed by atoms with E-state index in [0.717, 1.165) is 32.8 Å². The van der Waals surface area contributed by atoms with E-state index in [1.165, 1.54) is 27.1 Å². The summed E-state index contributed by atoms with van der Waals surface area (Å²) in [7, 11) is 1.55. The van der Waals surface area contributed by atoms with Crippen LogP contribution in [-0.2, 0) is 16.1 Å².